The Labute approximate surface area is 84.3 Å². The predicted octanol–water partition coefficient (Wildman–Crippen LogP) is 2.39. The van der Waals surface area contributed by atoms with E-state index < -0.39 is 0 Å². The fourth-order valence-electron chi connectivity index (χ4n) is 1.07. The van der Waals surface area contributed by atoms with Crippen LogP contribution in [-0.2, 0) is 29.3 Å². The molecule has 0 aliphatic carbocycles. The average molecular weight is 277 g/mol. The van der Waals surface area contributed by atoms with Gasteiger partial charge in [0.2, 0.25) is 0 Å². The molecule has 1 rings (SSSR count). The van der Waals surface area contributed by atoms with Crippen LogP contribution >= 0.6 is 9.69 Å². The van der Waals surface area contributed by atoms with Crippen molar-refractivity contribution in [1.29, 1.82) is 0 Å². The Morgan fingerprint density at radius 1 is 1.50 bits per heavy atom. The number of halogens is 1. The zero-order valence-corrected chi connectivity index (χ0v) is 9.78. The molecule has 1 aromatic rings. The van der Waals surface area contributed by atoms with Gasteiger partial charge >= 0.3 is 84.3 Å². The van der Waals surface area contributed by atoms with Gasteiger partial charge < -0.3 is 0 Å². The first kappa shape index (κ1) is 10.2. The number of aryl methyl sites for hydroxylation is 2. The van der Waals surface area contributed by atoms with E-state index in [-0.39, 0.29) is 15.7 Å². The van der Waals surface area contributed by atoms with Crippen LogP contribution in [0.25, 0.3) is 0 Å². The Bertz CT molecular complexity index is 300. The van der Waals surface area contributed by atoms with Crippen LogP contribution in [0.3, 0.4) is 0 Å². The summed E-state index contributed by atoms with van der Waals surface area (Å²) in [4.78, 5) is 0. The molecule has 1 aromatic heterocycles. The molecule has 0 fully saturated rings. The van der Waals surface area contributed by atoms with Crippen molar-refractivity contribution in [2.24, 2.45) is 7.05 Å². The van der Waals surface area contributed by atoms with Gasteiger partial charge in [-0.2, -0.15) is 0 Å². The summed E-state index contributed by atoms with van der Waals surface area (Å²) in [6.45, 7) is 3.30. The van der Waals surface area contributed by atoms with Crippen LogP contribution in [0.4, 0.5) is 0 Å². The Kier molecular flexibility index (Phi) is 4.24. The van der Waals surface area contributed by atoms with Crippen LogP contribution in [0.15, 0.2) is 12.4 Å². The van der Waals surface area contributed by atoms with Gasteiger partial charge in [0.05, 0.1) is 0 Å². The SMILES string of the molecule is CCCCn1ccn(C)[c]1=[Rh][Cl]. The van der Waals surface area contributed by atoms with Crippen LogP contribution in [0.5, 0.6) is 0 Å². The number of hydrogen-bond donors (Lipinski definition) is 0. The maximum atomic E-state index is 5.89. The summed E-state index contributed by atoms with van der Waals surface area (Å²) < 4.78 is 5.61. The third kappa shape index (κ3) is 2.30. The van der Waals surface area contributed by atoms with Gasteiger partial charge in [-0.3, -0.25) is 0 Å². The van der Waals surface area contributed by atoms with E-state index in [1.165, 1.54) is 16.9 Å². The second-order valence-electron chi connectivity index (χ2n) is 2.77. The minimum atomic E-state index is 0.0136. The zero-order valence-electron chi connectivity index (χ0n) is 7.38. The van der Waals surface area contributed by atoms with Gasteiger partial charge in [0.25, 0.3) is 0 Å². The molecule has 1 heterocycles. The molecular formula is C8H14ClN2Rh. The number of aromatic nitrogens is 2. The summed E-state index contributed by atoms with van der Waals surface area (Å²) in [5, 5.41) is 0. The second-order valence-corrected chi connectivity index (χ2v) is 4.56. The molecule has 0 bridgehead atoms. The summed E-state index contributed by atoms with van der Waals surface area (Å²) in [7, 11) is 7.93. The minimum absolute atomic E-state index is 0.0136. The van der Waals surface area contributed by atoms with Crippen molar-refractivity contribution in [3.8, 4) is 0 Å². The first-order valence-corrected chi connectivity index (χ1v) is 6.99. The molecule has 4 heteroatoms. The predicted molar refractivity (Wildman–Crippen MR) is 47.4 cm³/mol. The molecule has 0 spiro atoms. The molecule has 0 saturated carbocycles. The van der Waals surface area contributed by atoms with Crippen molar-refractivity contribution in [3.63, 3.8) is 0 Å². The Morgan fingerprint density at radius 3 is 2.83 bits per heavy atom. The van der Waals surface area contributed by atoms with E-state index >= 15 is 0 Å². The van der Waals surface area contributed by atoms with Crippen molar-refractivity contribution in [2.75, 3.05) is 0 Å². The van der Waals surface area contributed by atoms with Crippen molar-refractivity contribution < 1.29 is 15.7 Å². The Morgan fingerprint density at radius 2 is 2.25 bits per heavy atom. The van der Waals surface area contributed by atoms with Gasteiger partial charge in [-0.25, -0.2) is 0 Å². The summed E-state index contributed by atoms with van der Waals surface area (Å²) in [5.74, 6) is 0. The molecule has 72 valence electrons. The Hall–Kier alpha value is 0.123. The second kappa shape index (κ2) is 4.98. The van der Waals surface area contributed by atoms with E-state index in [4.69, 9.17) is 9.69 Å². The number of imidazole rings is 1. The van der Waals surface area contributed by atoms with Crippen molar-refractivity contribution in [3.05, 3.63) is 16.4 Å². The molecule has 0 aliphatic heterocycles. The summed E-state index contributed by atoms with van der Waals surface area (Å²) in [5.41, 5.74) is 0. The van der Waals surface area contributed by atoms with Gasteiger partial charge in [-0.15, -0.1) is 0 Å². The van der Waals surface area contributed by atoms with E-state index in [0.717, 1.165) is 6.54 Å². The molecule has 2 nitrogen and oxygen atoms in total. The molecule has 0 aliphatic rings. The van der Waals surface area contributed by atoms with E-state index in [0.29, 0.717) is 0 Å². The third-order valence-electron chi connectivity index (χ3n) is 1.78. The number of rotatable bonds is 3. The van der Waals surface area contributed by atoms with Crippen LogP contribution < -0.4 is 0 Å². The number of unbranched alkanes of at least 4 members (excludes halogenated alkanes) is 1. The molecule has 12 heavy (non-hydrogen) atoms. The van der Waals surface area contributed by atoms with E-state index in [9.17, 15) is 0 Å². The topological polar surface area (TPSA) is 9.86 Å². The summed E-state index contributed by atoms with van der Waals surface area (Å²) >= 11 is 0.0136. The fourth-order valence-corrected chi connectivity index (χ4v) is 2.85. The maximum absolute atomic E-state index is 5.89. The molecule has 0 N–H and O–H groups in total. The van der Waals surface area contributed by atoms with Gasteiger partial charge in [0.1, 0.15) is 0 Å². The quantitative estimate of drug-likeness (QED) is 0.750. The number of hydrogen-bond acceptors (Lipinski definition) is 0. The Balaban J connectivity index is 2.85. The van der Waals surface area contributed by atoms with Crippen LogP contribution in [0, 0.1) is 4.01 Å². The zero-order chi connectivity index (χ0) is 8.97. The van der Waals surface area contributed by atoms with Gasteiger partial charge in [-0.1, -0.05) is 0 Å². The molecule has 0 unspecified atom stereocenters. The summed E-state index contributed by atoms with van der Waals surface area (Å²) in [6.07, 6.45) is 6.64. The fraction of sp³-hybridized carbons (Fsp3) is 0.625. The standard InChI is InChI=1S/C8H14N2.ClH.Rh/c1-3-4-5-10-7-6-9(2)8-10;;/h6-7H,3-5H2,1-2H3;1H;/q;;+1/p-1. The van der Waals surface area contributed by atoms with Crippen LogP contribution in [0.1, 0.15) is 19.8 Å². The third-order valence-corrected chi connectivity index (χ3v) is 3.77. The van der Waals surface area contributed by atoms with Crippen LogP contribution in [-0.4, -0.2) is 9.13 Å². The van der Waals surface area contributed by atoms with E-state index in [1.807, 2.05) is 7.05 Å². The van der Waals surface area contributed by atoms with Gasteiger partial charge in [0, 0.05) is 0 Å². The molecule has 0 radical (unpaired) electrons. The first-order valence-electron chi connectivity index (χ1n) is 4.06. The average Bonchev–Trinajstić information content (AvgIpc) is 2.43. The normalized spacial score (nSPS) is 13.8. The van der Waals surface area contributed by atoms with E-state index in [1.54, 1.807) is 0 Å². The van der Waals surface area contributed by atoms with Crippen LogP contribution in [0.2, 0.25) is 0 Å². The van der Waals surface area contributed by atoms with Crippen molar-refractivity contribution in [2.45, 2.75) is 26.3 Å². The first-order chi connectivity index (χ1) is 5.79. The molecule has 0 aromatic carbocycles. The monoisotopic (exact) mass is 276 g/mol. The molecular weight excluding hydrogens is 262 g/mol. The van der Waals surface area contributed by atoms with E-state index in [2.05, 4.69) is 28.5 Å². The summed E-state index contributed by atoms with van der Waals surface area (Å²) in [6, 6.07) is 0. The molecule has 0 atom stereocenters. The van der Waals surface area contributed by atoms with Gasteiger partial charge in [-0.05, 0) is 0 Å². The molecule has 0 amide bonds. The van der Waals surface area contributed by atoms with Crippen molar-refractivity contribution >= 4 is 9.69 Å². The van der Waals surface area contributed by atoms with Crippen molar-refractivity contribution in [1.82, 2.24) is 9.13 Å². The van der Waals surface area contributed by atoms with Gasteiger partial charge in [0.15, 0.2) is 0 Å². The molecule has 0 saturated heterocycles. The number of nitrogens with zero attached hydrogens (tertiary/aromatic N) is 2.